The monoisotopic (exact) mass is 396 g/mol. The molecule has 7 heteroatoms. The van der Waals surface area contributed by atoms with Crippen molar-refractivity contribution >= 4 is 17.5 Å². The van der Waals surface area contributed by atoms with E-state index in [2.05, 4.69) is 10.2 Å². The summed E-state index contributed by atoms with van der Waals surface area (Å²) in [4.78, 5) is 12.3. The Kier molecular flexibility index (Phi) is 6.49. The highest BCUT2D eigenvalue weighted by Crippen LogP contribution is 2.31. The number of benzene rings is 2. The van der Waals surface area contributed by atoms with Crippen molar-refractivity contribution in [1.29, 1.82) is 0 Å². The van der Waals surface area contributed by atoms with Crippen LogP contribution in [0.4, 0.5) is 0 Å². The number of aromatic nitrogens is 2. The van der Waals surface area contributed by atoms with Gasteiger partial charge in [-0.05, 0) is 54.6 Å². The zero-order valence-electron chi connectivity index (χ0n) is 15.8. The Labute approximate surface area is 167 Å². The quantitative estimate of drug-likeness (QED) is 0.418. The van der Waals surface area contributed by atoms with E-state index in [0.717, 1.165) is 11.3 Å². The summed E-state index contributed by atoms with van der Waals surface area (Å²) in [5.74, 6) is 2.32. The number of carbonyl (C=O) groups is 1. The first-order valence-corrected chi connectivity index (χ1v) is 9.49. The molecule has 28 heavy (non-hydrogen) atoms. The highest BCUT2D eigenvalue weighted by molar-refractivity contribution is 7.99. The predicted octanol–water partition coefficient (Wildman–Crippen LogP) is 4.14. The summed E-state index contributed by atoms with van der Waals surface area (Å²) in [6.45, 7) is 0. The van der Waals surface area contributed by atoms with E-state index in [0.29, 0.717) is 27.8 Å². The van der Waals surface area contributed by atoms with Crippen LogP contribution < -0.4 is 14.2 Å². The maximum Gasteiger partial charge on any atom is 0.173 e. The summed E-state index contributed by atoms with van der Waals surface area (Å²) in [7, 11) is 4.78. The molecule has 0 aliphatic carbocycles. The number of ketones is 1. The fraction of sp³-hybridized carbons (Fsp3) is 0.190. The van der Waals surface area contributed by atoms with Crippen LogP contribution in [0.25, 0.3) is 11.3 Å². The van der Waals surface area contributed by atoms with Crippen LogP contribution in [-0.2, 0) is 0 Å². The van der Waals surface area contributed by atoms with Crippen molar-refractivity contribution < 1.29 is 19.0 Å². The van der Waals surface area contributed by atoms with E-state index in [9.17, 15) is 4.79 Å². The van der Waals surface area contributed by atoms with Crippen molar-refractivity contribution in [2.75, 3.05) is 27.1 Å². The molecule has 1 aromatic heterocycles. The Morgan fingerprint density at radius 1 is 0.857 bits per heavy atom. The average Bonchev–Trinajstić information content (AvgIpc) is 2.77. The third kappa shape index (κ3) is 4.61. The molecule has 0 unspecified atom stereocenters. The minimum absolute atomic E-state index is 0.0263. The van der Waals surface area contributed by atoms with Gasteiger partial charge in [-0.25, -0.2) is 0 Å². The van der Waals surface area contributed by atoms with E-state index >= 15 is 0 Å². The first kappa shape index (κ1) is 19.7. The van der Waals surface area contributed by atoms with Gasteiger partial charge in [0.2, 0.25) is 0 Å². The zero-order chi connectivity index (χ0) is 19.9. The fourth-order valence-corrected chi connectivity index (χ4v) is 3.25. The highest BCUT2D eigenvalue weighted by atomic mass is 32.2. The van der Waals surface area contributed by atoms with Crippen LogP contribution in [0.2, 0.25) is 0 Å². The van der Waals surface area contributed by atoms with Gasteiger partial charge in [0.05, 0.1) is 32.8 Å². The lowest BCUT2D eigenvalue weighted by molar-refractivity contribution is 0.102. The predicted molar refractivity (Wildman–Crippen MR) is 109 cm³/mol. The van der Waals surface area contributed by atoms with Crippen molar-refractivity contribution in [3.63, 3.8) is 0 Å². The highest BCUT2D eigenvalue weighted by Gasteiger charge is 2.10. The van der Waals surface area contributed by atoms with Crippen molar-refractivity contribution in [2.24, 2.45) is 0 Å². The molecular weight excluding hydrogens is 376 g/mol. The number of nitrogens with zero attached hydrogens (tertiary/aromatic N) is 2. The first-order chi connectivity index (χ1) is 13.6. The van der Waals surface area contributed by atoms with Gasteiger partial charge in [0.1, 0.15) is 10.8 Å². The number of hydrogen-bond donors (Lipinski definition) is 0. The molecule has 2 aromatic carbocycles. The van der Waals surface area contributed by atoms with Crippen LogP contribution in [0, 0.1) is 0 Å². The van der Waals surface area contributed by atoms with E-state index in [4.69, 9.17) is 14.2 Å². The van der Waals surface area contributed by atoms with Gasteiger partial charge in [-0.15, -0.1) is 10.2 Å². The standard InChI is InChI=1S/C21H20N2O4S/c1-25-16-7-4-14(5-8-16)18(24)13-28-21-11-9-17(22-23-21)15-6-10-19(26-2)20(12-15)27-3/h4-12H,13H2,1-3H3. The summed E-state index contributed by atoms with van der Waals surface area (Å²) in [6.07, 6.45) is 0. The molecule has 0 aliphatic rings. The van der Waals surface area contributed by atoms with Crippen LogP contribution in [0.3, 0.4) is 0 Å². The topological polar surface area (TPSA) is 70.5 Å². The Morgan fingerprint density at radius 3 is 2.21 bits per heavy atom. The van der Waals surface area contributed by atoms with Crippen molar-refractivity contribution in [3.05, 3.63) is 60.2 Å². The third-order valence-corrected chi connectivity index (χ3v) is 5.00. The van der Waals surface area contributed by atoms with Gasteiger partial charge < -0.3 is 14.2 Å². The molecule has 0 spiro atoms. The molecule has 0 bridgehead atoms. The SMILES string of the molecule is COc1ccc(C(=O)CSc2ccc(-c3ccc(OC)c(OC)c3)nn2)cc1. The maximum absolute atomic E-state index is 12.3. The Hall–Kier alpha value is -3.06. The summed E-state index contributed by atoms with van der Waals surface area (Å²) in [6, 6.07) is 16.4. The number of carbonyl (C=O) groups excluding carboxylic acids is 1. The summed E-state index contributed by atoms with van der Waals surface area (Å²) >= 11 is 1.35. The number of ether oxygens (including phenoxy) is 3. The van der Waals surface area contributed by atoms with Crippen LogP contribution in [0.1, 0.15) is 10.4 Å². The van der Waals surface area contributed by atoms with E-state index in [1.165, 1.54) is 11.8 Å². The van der Waals surface area contributed by atoms with Crippen LogP contribution >= 0.6 is 11.8 Å². The van der Waals surface area contributed by atoms with Gasteiger partial charge >= 0.3 is 0 Å². The summed E-state index contributed by atoms with van der Waals surface area (Å²) in [5, 5.41) is 9.16. The Morgan fingerprint density at radius 2 is 1.61 bits per heavy atom. The van der Waals surface area contributed by atoms with Gasteiger partial charge in [0.25, 0.3) is 0 Å². The second kappa shape index (κ2) is 9.23. The molecule has 0 N–H and O–H groups in total. The fourth-order valence-electron chi connectivity index (χ4n) is 2.55. The van der Waals surface area contributed by atoms with E-state index in [1.54, 1.807) is 45.6 Å². The molecule has 0 radical (unpaired) electrons. The number of Topliss-reactive ketones (excluding diaryl/α,β-unsaturated/α-hetero) is 1. The molecule has 0 saturated carbocycles. The van der Waals surface area contributed by atoms with Gasteiger partial charge in [0.15, 0.2) is 17.3 Å². The average molecular weight is 396 g/mol. The second-order valence-corrected chi connectivity index (χ2v) is 6.76. The van der Waals surface area contributed by atoms with Crippen LogP contribution in [0.5, 0.6) is 17.2 Å². The lowest BCUT2D eigenvalue weighted by Crippen LogP contribution is -2.02. The number of rotatable bonds is 8. The molecule has 0 saturated heterocycles. The molecule has 0 atom stereocenters. The van der Waals surface area contributed by atoms with Crippen molar-refractivity contribution in [2.45, 2.75) is 5.03 Å². The van der Waals surface area contributed by atoms with Crippen LogP contribution in [-0.4, -0.2) is 43.1 Å². The molecule has 0 fully saturated rings. The maximum atomic E-state index is 12.3. The Bertz CT molecular complexity index is 944. The minimum atomic E-state index is 0.0263. The first-order valence-electron chi connectivity index (χ1n) is 8.50. The van der Waals surface area contributed by atoms with Crippen molar-refractivity contribution in [3.8, 4) is 28.5 Å². The summed E-state index contributed by atoms with van der Waals surface area (Å²) < 4.78 is 15.7. The minimum Gasteiger partial charge on any atom is -0.497 e. The van der Waals surface area contributed by atoms with Gasteiger partial charge in [-0.3, -0.25) is 4.79 Å². The molecule has 0 amide bonds. The molecule has 1 heterocycles. The van der Waals surface area contributed by atoms with Gasteiger partial charge in [-0.2, -0.15) is 0 Å². The van der Waals surface area contributed by atoms with Crippen molar-refractivity contribution in [1.82, 2.24) is 10.2 Å². The lowest BCUT2D eigenvalue weighted by Gasteiger charge is -2.09. The van der Waals surface area contributed by atoms with E-state index in [-0.39, 0.29) is 11.5 Å². The molecule has 6 nitrogen and oxygen atoms in total. The third-order valence-electron chi connectivity index (χ3n) is 4.08. The number of thioether (sulfide) groups is 1. The Balaban J connectivity index is 1.65. The number of hydrogen-bond acceptors (Lipinski definition) is 7. The second-order valence-electron chi connectivity index (χ2n) is 5.77. The lowest BCUT2D eigenvalue weighted by atomic mass is 10.1. The largest absolute Gasteiger partial charge is 0.497 e. The van der Waals surface area contributed by atoms with Gasteiger partial charge in [-0.1, -0.05) is 11.8 Å². The zero-order valence-corrected chi connectivity index (χ0v) is 16.7. The van der Waals surface area contributed by atoms with E-state index < -0.39 is 0 Å². The molecule has 0 aliphatic heterocycles. The number of methoxy groups -OCH3 is 3. The smallest absolute Gasteiger partial charge is 0.173 e. The molecule has 144 valence electrons. The normalized spacial score (nSPS) is 10.4. The molecule has 3 aromatic rings. The van der Waals surface area contributed by atoms with Gasteiger partial charge in [0, 0.05) is 11.1 Å². The summed E-state index contributed by atoms with van der Waals surface area (Å²) in [5.41, 5.74) is 2.23. The molecular formula is C21H20N2O4S. The van der Waals surface area contributed by atoms with E-state index in [1.807, 2.05) is 30.3 Å². The molecule has 3 rings (SSSR count). The van der Waals surface area contributed by atoms with Crippen LogP contribution in [0.15, 0.2) is 59.6 Å².